The van der Waals surface area contributed by atoms with Crippen LogP contribution in [0, 0.1) is 0 Å². The van der Waals surface area contributed by atoms with Crippen molar-refractivity contribution in [3.05, 3.63) is 41.5 Å². The maximum Gasteiger partial charge on any atom is 0.231 e. The van der Waals surface area contributed by atoms with E-state index in [2.05, 4.69) is 30.9 Å². The molecule has 0 aliphatic heterocycles. The SMILES string of the molecule is CC(C)(C)SCc1noc(Cc2ccccc2O)n1. The molecule has 0 spiro atoms. The molecule has 0 saturated heterocycles. The van der Waals surface area contributed by atoms with Gasteiger partial charge in [-0.3, -0.25) is 0 Å². The smallest absolute Gasteiger partial charge is 0.231 e. The van der Waals surface area contributed by atoms with E-state index in [1.165, 1.54) is 0 Å². The summed E-state index contributed by atoms with van der Waals surface area (Å²) in [5, 5.41) is 13.7. The minimum absolute atomic E-state index is 0.179. The Kier molecular flexibility index (Phi) is 4.14. The summed E-state index contributed by atoms with van der Waals surface area (Å²) < 4.78 is 5.38. The lowest BCUT2D eigenvalue weighted by Crippen LogP contribution is -2.07. The predicted molar refractivity (Wildman–Crippen MR) is 76.3 cm³/mol. The normalized spacial score (nSPS) is 11.7. The fourth-order valence-corrected chi connectivity index (χ4v) is 2.20. The molecule has 0 radical (unpaired) electrons. The van der Waals surface area contributed by atoms with Crippen LogP contribution in [0.2, 0.25) is 0 Å². The molecule has 0 bridgehead atoms. The van der Waals surface area contributed by atoms with Gasteiger partial charge in [0.05, 0.1) is 12.2 Å². The second kappa shape index (κ2) is 5.65. The van der Waals surface area contributed by atoms with Crippen molar-refractivity contribution in [2.75, 3.05) is 0 Å². The van der Waals surface area contributed by atoms with Crippen LogP contribution in [-0.2, 0) is 12.2 Å². The van der Waals surface area contributed by atoms with Gasteiger partial charge in [0.25, 0.3) is 0 Å². The number of thioether (sulfide) groups is 1. The Balaban J connectivity index is 2.00. The number of aromatic hydroxyl groups is 1. The van der Waals surface area contributed by atoms with E-state index in [-0.39, 0.29) is 10.5 Å². The molecule has 5 heteroatoms. The highest BCUT2D eigenvalue weighted by atomic mass is 32.2. The predicted octanol–water partition coefficient (Wildman–Crippen LogP) is 3.40. The van der Waals surface area contributed by atoms with Gasteiger partial charge in [0, 0.05) is 10.3 Å². The Bertz CT molecular complexity index is 546. The lowest BCUT2D eigenvalue weighted by atomic mass is 10.1. The van der Waals surface area contributed by atoms with Gasteiger partial charge < -0.3 is 9.63 Å². The number of para-hydroxylation sites is 1. The van der Waals surface area contributed by atoms with Gasteiger partial charge in [-0.05, 0) is 6.07 Å². The maximum absolute atomic E-state index is 9.69. The highest BCUT2D eigenvalue weighted by molar-refractivity contribution is 7.99. The zero-order chi connectivity index (χ0) is 13.9. The van der Waals surface area contributed by atoms with Crippen LogP contribution in [0.25, 0.3) is 0 Å². The molecule has 0 fully saturated rings. The van der Waals surface area contributed by atoms with Crippen molar-refractivity contribution in [3.8, 4) is 5.75 Å². The molecule has 102 valence electrons. The van der Waals surface area contributed by atoms with Crippen molar-refractivity contribution < 1.29 is 9.63 Å². The van der Waals surface area contributed by atoms with Gasteiger partial charge in [-0.1, -0.05) is 44.1 Å². The molecule has 0 aliphatic carbocycles. The molecule has 1 heterocycles. The first kappa shape index (κ1) is 13.9. The van der Waals surface area contributed by atoms with Crippen LogP contribution in [0.5, 0.6) is 5.75 Å². The maximum atomic E-state index is 9.69. The van der Waals surface area contributed by atoms with Crippen molar-refractivity contribution in [2.45, 2.75) is 37.7 Å². The highest BCUT2D eigenvalue weighted by Crippen LogP contribution is 2.26. The first-order valence-corrected chi connectivity index (χ1v) is 7.15. The number of nitrogens with zero attached hydrogens (tertiary/aromatic N) is 2. The van der Waals surface area contributed by atoms with Crippen molar-refractivity contribution in [1.29, 1.82) is 0 Å². The Morgan fingerprint density at radius 1 is 1.26 bits per heavy atom. The van der Waals surface area contributed by atoms with Crippen LogP contribution in [0.3, 0.4) is 0 Å². The van der Waals surface area contributed by atoms with Crippen molar-refractivity contribution in [3.63, 3.8) is 0 Å². The Morgan fingerprint density at radius 2 is 2.00 bits per heavy atom. The summed E-state index contributed by atoms with van der Waals surface area (Å²) in [6.07, 6.45) is 0.458. The van der Waals surface area contributed by atoms with Gasteiger partial charge in [-0.25, -0.2) is 0 Å². The second-order valence-electron chi connectivity index (χ2n) is 5.31. The van der Waals surface area contributed by atoms with Crippen molar-refractivity contribution in [2.24, 2.45) is 0 Å². The van der Waals surface area contributed by atoms with Gasteiger partial charge in [0.2, 0.25) is 5.89 Å². The van der Waals surface area contributed by atoms with E-state index >= 15 is 0 Å². The van der Waals surface area contributed by atoms with Crippen LogP contribution in [-0.4, -0.2) is 20.0 Å². The van der Waals surface area contributed by atoms with E-state index in [1.807, 2.05) is 12.1 Å². The molecular weight excluding hydrogens is 260 g/mol. The van der Waals surface area contributed by atoms with Crippen LogP contribution in [0.1, 0.15) is 38.0 Å². The quantitative estimate of drug-likeness (QED) is 0.928. The zero-order valence-electron chi connectivity index (χ0n) is 11.4. The van der Waals surface area contributed by atoms with E-state index < -0.39 is 0 Å². The summed E-state index contributed by atoms with van der Waals surface area (Å²) in [6.45, 7) is 6.46. The number of benzene rings is 1. The van der Waals surface area contributed by atoms with Gasteiger partial charge in [0.1, 0.15) is 5.75 Å². The molecule has 1 aromatic heterocycles. The Labute approximate surface area is 117 Å². The van der Waals surface area contributed by atoms with Gasteiger partial charge in [-0.2, -0.15) is 4.98 Å². The lowest BCUT2D eigenvalue weighted by molar-refractivity contribution is 0.378. The molecule has 0 atom stereocenters. The monoisotopic (exact) mass is 278 g/mol. The fraction of sp³-hybridized carbons (Fsp3) is 0.429. The van der Waals surface area contributed by atoms with Crippen LogP contribution >= 0.6 is 11.8 Å². The molecule has 1 N–H and O–H groups in total. The molecule has 0 amide bonds. The van der Waals surface area contributed by atoms with E-state index in [0.717, 1.165) is 11.3 Å². The lowest BCUT2D eigenvalue weighted by Gasteiger charge is -2.15. The fourth-order valence-electron chi connectivity index (χ4n) is 1.52. The topological polar surface area (TPSA) is 59.2 Å². The summed E-state index contributed by atoms with van der Waals surface area (Å²) in [7, 11) is 0. The standard InChI is InChI=1S/C14H18N2O2S/c1-14(2,3)19-9-12-15-13(18-16-12)8-10-6-4-5-7-11(10)17/h4-7,17H,8-9H2,1-3H3. The number of phenolic OH excluding ortho intramolecular Hbond substituents is 1. The summed E-state index contributed by atoms with van der Waals surface area (Å²) in [4.78, 5) is 4.34. The number of phenols is 1. The summed E-state index contributed by atoms with van der Waals surface area (Å²) in [6, 6.07) is 7.17. The number of hydrogen-bond donors (Lipinski definition) is 1. The molecule has 0 aliphatic rings. The molecule has 1 aromatic carbocycles. The third kappa shape index (κ3) is 4.28. The van der Waals surface area contributed by atoms with Crippen LogP contribution < -0.4 is 0 Å². The van der Waals surface area contributed by atoms with Gasteiger partial charge in [-0.15, -0.1) is 11.8 Å². The molecular formula is C14H18N2O2S. The van der Waals surface area contributed by atoms with Gasteiger partial charge in [0.15, 0.2) is 5.82 Å². The Morgan fingerprint density at radius 3 is 2.68 bits per heavy atom. The molecule has 0 unspecified atom stereocenters. The Hall–Kier alpha value is -1.49. The number of aromatic nitrogens is 2. The minimum Gasteiger partial charge on any atom is -0.508 e. The van der Waals surface area contributed by atoms with E-state index in [4.69, 9.17) is 4.52 Å². The molecule has 2 aromatic rings. The summed E-state index contributed by atoms with van der Waals surface area (Å²) in [5.41, 5.74) is 0.793. The second-order valence-corrected chi connectivity index (χ2v) is 7.11. The molecule has 4 nitrogen and oxygen atoms in total. The van der Waals surface area contributed by atoms with Crippen LogP contribution in [0.4, 0.5) is 0 Å². The largest absolute Gasteiger partial charge is 0.508 e. The average molecular weight is 278 g/mol. The number of hydrogen-bond acceptors (Lipinski definition) is 5. The summed E-state index contributed by atoms with van der Waals surface area (Å²) >= 11 is 1.78. The molecule has 2 rings (SSSR count). The minimum atomic E-state index is 0.179. The van der Waals surface area contributed by atoms with Crippen molar-refractivity contribution >= 4 is 11.8 Å². The molecule has 0 saturated carbocycles. The van der Waals surface area contributed by atoms with E-state index in [1.54, 1.807) is 23.9 Å². The van der Waals surface area contributed by atoms with Gasteiger partial charge >= 0.3 is 0 Å². The first-order valence-electron chi connectivity index (χ1n) is 6.16. The number of rotatable bonds is 4. The van der Waals surface area contributed by atoms with Crippen molar-refractivity contribution in [1.82, 2.24) is 10.1 Å². The van der Waals surface area contributed by atoms with E-state index in [0.29, 0.717) is 18.1 Å². The third-order valence-corrected chi connectivity index (χ3v) is 3.75. The zero-order valence-corrected chi connectivity index (χ0v) is 12.2. The summed E-state index contributed by atoms with van der Waals surface area (Å²) in [5.74, 6) is 2.22. The van der Waals surface area contributed by atoms with E-state index in [9.17, 15) is 5.11 Å². The first-order chi connectivity index (χ1) is 8.94. The van der Waals surface area contributed by atoms with Crippen LogP contribution in [0.15, 0.2) is 28.8 Å². The molecule has 19 heavy (non-hydrogen) atoms. The highest BCUT2D eigenvalue weighted by Gasteiger charge is 2.14. The third-order valence-electron chi connectivity index (χ3n) is 2.48. The average Bonchev–Trinajstić information content (AvgIpc) is 2.77.